The van der Waals surface area contributed by atoms with Gasteiger partial charge in [-0.1, -0.05) is 18.6 Å². The number of anilines is 1. The first-order valence-electron chi connectivity index (χ1n) is 11.7. The standard InChI is InChI=1S/C26H28N6O2/c1-17-5-4-6-22(31-17)25-24(29-16-30-25)18-8-9-21-19(13-18)14-20(15-28-21)27-10-12-32-11-3-2-7-23(32)26(33)34/h4-6,8-9,13-16,23,27H,2-3,7,10-12H2,1H3,(H,29,30)(H,33,34)/t23-/m1/s1. The Labute approximate surface area is 198 Å². The Morgan fingerprint density at radius 1 is 1.21 bits per heavy atom. The molecule has 0 amide bonds. The van der Waals surface area contributed by atoms with Crippen LogP contribution in [-0.4, -0.2) is 61.6 Å². The molecule has 3 aromatic heterocycles. The average molecular weight is 457 g/mol. The minimum atomic E-state index is -0.724. The van der Waals surface area contributed by atoms with E-state index in [0.29, 0.717) is 13.1 Å². The van der Waals surface area contributed by atoms with Crippen LogP contribution in [0.2, 0.25) is 0 Å². The number of carboxylic acid groups (broad SMARTS) is 1. The Morgan fingerprint density at radius 2 is 2.12 bits per heavy atom. The summed E-state index contributed by atoms with van der Waals surface area (Å²) >= 11 is 0. The molecule has 8 heteroatoms. The third-order valence-corrected chi connectivity index (χ3v) is 6.37. The van der Waals surface area contributed by atoms with E-state index in [-0.39, 0.29) is 6.04 Å². The molecule has 34 heavy (non-hydrogen) atoms. The van der Waals surface area contributed by atoms with Gasteiger partial charge in [0.05, 0.1) is 40.8 Å². The molecule has 4 aromatic rings. The second-order valence-electron chi connectivity index (χ2n) is 8.73. The van der Waals surface area contributed by atoms with Gasteiger partial charge < -0.3 is 15.4 Å². The van der Waals surface area contributed by atoms with Crippen LogP contribution in [-0.2, 0) is 4.79 Å². The fraction of sp³-hybridized carbons (Fsp3) is 0.308. The van der Waals surface area contributed by atoms with Gasteiger partial charge in [0.2, 0.25) is 0 Å². The van der Waals surface area contributed by atoms with Crippen molar-refractivity contribution >= 4 is 22.6 Å². The second-order valence-corrected chi connectivity index (χ2v) is 8.73. The van der Waals surface area contributed by atoms with E-state index in [1.165, 1.54) is 0 Å². The van der Waals surface area contributed by atoms with Crippen molar-refractivity contribution in [2.45, 2.75) is 32.2 Å². The number of aliphatic carboxylic acids is 1. The van der Waals surface area contributed by atoms with Crippen molar-refractivity contribution in [1.29, 1.82) is 0 Å². The van der Waals surface area contributed by atoms with Crippen LogP contribution in [0, 0.1) is 6.92 Å². The maximum atomic E-state index is 11.5. The van der Waals surface area contributed by atoms with E-state index < -0.39 is 5.97 Å². The van der Waals surface area contributed by atoms with Gasteiger partial charge in [0.25, 0.3) is 0 Å². The number of likely N-dealkylation sites (tertiary alicyclic amines) is 1. The number of piperidine rings is 1. The molecular formula is C26H28N6O2. The number of aryl methyl sites for hydroxylation is 1. The number of hydrogen-bond acceptors (Lipinski definition) is 6. The van der Waals surface area contributed by atoms with Crippen molar-refractivity contribution in [3.63, 3.8) is 0 Å². The second kappa shape index (κ2) is 9.61. The van der Waals surface area contributed by atoms with Crippen LogP contribution in [0.5, 0.6) is 0 Å². The highest BCUT2D eigenvalue weighted by Crippen LogP contribution is 2.30. The molecule has 0 unspecified atom stereocenters. The van der Waals surface area contributed by atoms with Crippen molar-refractivity contribution in [1.82, 2.24) is 24.8 Å². The van der Waals surface area contributed by atoms with E-state index in [1.54, 1.807) is 6.33 Å². The zero-order valence-corrected chi connectivity index (χ0v) is 19.2. The van der Waals surface area contributed by atoms with Crippen LogP contribution in [0.15, 0.2) is 55.0 Å². The molecule has 0 aliphatic carbocycles. The molecule has 1 aromatic carbocycles. The summed E-state index contributed by atoms with van der Waals surface area (Å²) in [5.41, 5.74) is 6.36. The molecule has 0 spiro atoms. The van der Waals surface area contributed by atoms with Gasteiger partial charge in [-0.15, -0.1) is 0 Å². The number of nitrogens with one attached hydrogen (secondary N) is 2. The minimum absolute atomic E-state index is 0.376. The lowest BCUT2D eigenvalue weighted by Crippen LogP contribution is -2.46. The van der Waals surface area contributed by atoms with Gasteiger partial charge in [-0.2, -0.15) is 0 Å². The fourth-order valence-electron chi connectivity index (χ4n) is 4.65. The maximum absolute atomic E-state index is 11.5. The van der Waals surface area contributed by atoms with Gasteiger partial charge >= 0.3 is 5.97 Å². The third kappa shape index (κ3) is 4.63. The Balaban J connectivity index is 1.34. The molecule has 0 saturated carbocycles. The number of rotatable bonds is 7. The Bertz CT molecular complexity index is 1320. The molecule has 4 heterocycles. The number of imidazole rings is 1. The molecule has 1 aliphatic rings. The molecule has 1 fully saturated rings. The smallest absolute Gasteiger partial charge is 0.320 e. The van der Waals surface area contributed by atoms with E-state index in [0.717, 1.165) is 70.7 Å². The molecule has 174 valence electrons. The van der Waals surface area contributed by atoms with Crippen LogP contribution < -0.4 is 5.32 Å². The summed E-state index contributed by atoms with van der Waals surface area (Å²) in [5.74, 6) is -0.724. The predicted octanol–water partition coefficient (Wildman–Crippen LogP) is 4.35. The van der Waals surface area contributed by atoms with E-state index in [4.69, 9.17) is 0 Å². The molecule has 3 N–H and O–H groups in total. The summed E-state index contributed by atoms with van der Waals surface area (Å²) in [6.07, 6.45) is 6.28. The molecule has 0 radical (unpaired) electrons. The lowest BCUT2D eigenvalue weighted by molar-refractivity contribution is -0.144. The Kier molecular flexibility index (Phi) is 6.22. The normalized spacial score (nSPS) is 16.6. The molecule has 1 saturated heterocycles. The van der Waals surface area contributed by atoms with Gasteiger partial charge in [-0.3, -0.25) is 19.7 Å². The zero-order chi connectivity index (χ0) is 23.5. The summed E-state index contributed by atoms with van der Waals surface area (Å²) in [4.78, 5) is 30.6. The van der Waals surface area contributed by atoms with Gasteiger partial charge in [0.15, 0.2) is 0 Å². The maximum Gasteiger partial charge on any atom is 0.320 e. The monoisotopic (exact) mass is 456 g/mol. The number of pyridine rings is 2. The molecule has 0 bridgehead atoms. The van der Waals surface area contributed by atoms with Gasteiger partial charge in [-0.05, 0) is 56.6 Å². The number of hydrogen-bond donors (Lipinski definition) is 3. The quantitative estimate of drug-likeness (QED) is 0.380. The van der Waals surface area contributed by atoms with Crippen molar-refractivity contribution < 1.29 is 9.90 Å². The van der Waals surface area contributed by atoms with Crippen LogP contribution in [0.3, 0.4) is 0 Å². The Morgan fingerprint density at radius 3 is 2.97 bits per heavy atom. The highest BCUT2D eigenvalue weighted by molar-refractivity contribution is 5.88. The largest absolute Gasteiger partial charge is 0.480 e. The number of aromatic nitrogens is 4. The topological polar surface area (TPSA) is 107 Å². The van der Waals surface area contributed by atoms with E-state index in [1.807, 2.05) is 43.5 Å². The number of H-pyrrole nitrogens is 1. The first-order valence-corrected chi connectivity index (χ1v) is 11.7. The molecule has 5 rings (SSSR count). The lowest BCUT2D eigenvalue weighted by Gasteiger charge is -2.32. The van der Waals surface area contributed by atoms with Crippen LogP contribution >= 0.6 is 0 Å². The molecule has 1 aliphatic heterocycles. The van der Waals surface area contributed by atoms with Gasteiger partial charge in [-0.25, -0.2) is 4.98 Å². The molecule has 1 atom stereocenters. The number of fused-ring (bicyclic) bond motifs is 1. The van der Waals surface area contributed by atoms with Crippen LogP contribution in [0.4, 0.5) is 5.69 Å². The summed E-state index contributed by atoms with van der Waals surface area (Å²) < 4.78 is 0. The highest BCUT2D eigenvalue weighted by Gasteiger charge is 2.27. The van der Waals surface area contributed by atoms with E-state index in [2.05, 4.69) is 42.3 Å². The number of aromatic amines is 1. The van der Waals surface area contributed by atoms with Gasteiger partial charge in [0, 0.05) is 29.7 Å². The van der Waals surface area contributed by atoms with Crippen LogP contribution in [0.1, 0.15) is 25.0 Å². The van der Waals surface area contributed by atoms with E-state index in [9.17, 15) is 9.90 Å². The van der Waals surface area contributed by atoms with E-state index >= 15 is 0 Å². The number of nitrogens with zero attached hydrogens (tertiary/aromatic N) is 4. The summed E-state index contributed by atoms with van der Waals surface area (Å²) in [5, 5.41) is 13.9. The van der Waals surface area contributed by atoms with Crippen LogP contribution in [0.25, 0.3) is 33.5 Å². The Hall–Kier alpha value is -3.78. The predicted molar refractivity (Wildman–Crippen MR) is 133 cm³/mol. The number of carboxylic acids is 1. The first-order chi connectivity index (χ1) is 16.6. The summed E-state index contributed by atoms with van der Waals surface area (Å²) in [6.45, 7) is 4.16. The SMILES string of the molecule is Cc1cccc(-c2[nH]cnc2-c2ccc3ncc(NCCN4CCCC[C@@H]4C(=O)O)cc3c2)n1. The van der Waals surface area contributed by atoms with Crippen molar-refractivity contribution in [2.24, 2.45) is 0 Å². The van der Waals surface area contributed by atoms with Crippen molar-refractivity contribution in [3.8, 4) is 22.6 Å². The first kappa shape index (κ1) is 22.0. The highest BCUT2D eigenvalue weighted by atomic mass is 16.4. The molecular weight excluding hydrogens is 428 g/mol. The zero-order valence-electron chi connectivity index (χ0n) is 19.2. The molecule has 8 nitrogen and oxygen atoms in total. The van der Waals surface area contributed by atoms with Gasteiger partial charge in [0.1, 0.15) is 6.04 Å². The van der Waals surface area contributed by atoms with Crippen molar-refractivity contribution in [2.75, 3.05) is 25.0 Å². The summed E-state index contributed by atoms with van der Waals surface area (Å²) in [7, 11) is 0. The average Bonchev–Trinajstić information content (AvgIpc) is 3.34. The summed E-state index contributed by atoms with van der Waals surface area (Å²) in [6, 6.07) is 13.8. The number of carbonyl (C=O) groups is 1. The van der Waals surface area contributed by atoms with Crippen molar-refractivity contribution in [3.05, 3.63) is 60.7 Å². The lowest BCUT2D eigenvalue weighted by atomic mass is 10.0. The number of benzene rings is 1. The minimum Gasteiger partial charge on any atom is -0.480 e. The third-order valence-electron chi connectivity index (χ3n) is 6.37. The fourth-order valence-corrected chi connectivity index (χ4v) is 4.65.